The molecule has 0 aromatic heterocycles. The zero-order valence-electron chi connectivity index (χ0n) is 28.6. The predicted octanol–water partition coefficient (Wildman–Crippen LogP) is 5.51. The Labute approximate surface area is 305 Å². The van der Waals surface area contributed by atoms with Crippen molar-refractivity contribution in [2.45, 2.75) is 25.7 Å². The Hall–Kier alpha value is -5.90. The molecule has 3 aromatic carbocycles. The van der Waals surface area contributed by atoms with Gasteiger partial charge in [-0.3, -0.25) is 39.4 Å². The number of rotatable bonds is 7. The van der Waals surface area contributed by atoms with Crippen LogP contribution in [0.5, 0.6) is 11.5 Å². The first-order chi connectivity index (χ1) is 25.0. The second-order valence-corrected chi connectivity index (χ2v) is 14.4. The van der Waals surface area contributed by atoms with Gasteiger partial charge in [-0.1, -0.05) is 29.3 Å². The second-order valence-electron chi connectivity index (χ2n) is 13.9. The molecule has 3 fully saturated rings. The number of nitro benzene ring substituents is 2. The van der Waals surface area contributed by atoms with Crippen LogP contribution in [0, 0.1) is 55.1 Å². The number of nitro groups is 2. The smallest absolute Gasteiger partial charge is 0.301 e. The quantitative estimate of drug-likeness (QED) is 0.139. The van der Waals surface area contributed by atoms with Gasteiger partial charge in [0.2, 0.25) is 23.6 Å². The maximum absolute atomic E-state index is 14.6. The van der Waals surface area contributed by atoms with Crippen LogP contribution in [0.1, 0.15) is 31.2 Å². The van der Waals surface area contributed by atoms with Crippen LogP contribution in [-0.4, -0.2) is 59.8 Å². The molecule has 6 atom stereocenters. The summed E-state index contributed by atoms with van der Waals surface area (Å²) in [4.78, 5) is 83.0. The van der Waals surface area contributed by atoms with Gasteiger partial charge in [0, 0.05) is 32.1 Å². The minimum Gasteiger partial charge on any atom is -0.504 e. The molecule has 2 aliphatic heterocycles. The highest BCUT2D eigenvalue weighted by Gasteiger charge is 2.67. The number of phenols is 1. The highest BCUT2D eigenvalue weighted by Crippen LogP contribution is 2.64. The molecule has 2 heterocycles. The number of carbonyl (C=O) groups excluding carboxylic acids is 4. The van der Waals surface area contributed by atoms with Crippen molar-refractivity contribution in [3.63, 3.8) is 0 Å². The first kappa shape index (κ1) is 35.5. The molecule has 4 aliphatic rings. The molecule has 2 saturated heterocycles. The van der Waals surface area contributed by atoms with Crippen molar-refractivity contribution in [1.82, 2.24) is 0 Å². The number of allylic oxidation sites excluding steroid dienone is 2. The number of ether oxygens (including phenoxy) is 1. The van der Waals surface area contributed by atoms with Crippen LogP contribution < -0.4 is 19.4 Å². The molecule has 7 rings (SSSR count). The fraction of sp³-hybridized carbons (Fsp3) is 0.333. The standard InChI is InChI=1S/C36H31ClFN5O10/c1-36-22(33(46)41(35(36)48)17-6-9-24(38)23(37)12-17)15-21-19(30(36)16-5-10-28(53-4)27(44)11-16)7-8-20-29(21)34(47)40(32(20)45)18-13-25(42(49)50)31(39(2)3)26(14-18)43(51)52/h5-7,9-14,20-22,29-30,44H,8,15H2,1-4H3/t20-,21+,22-,29-,30-,36+/m0/s1. The Morgan fingerprint density at radius 2 is 1.58 bits per heavy atom. The molecular formula is C36H31ClFN5O10. The van der Waals surface area contributed by atoms with Crippen LogP contribution in [0.4, 0.5) is 32.8 Å². The molecule has 1 N–H and O–H groups in total. The minimum absolute atomic E-state index is 0.0103. The van der Waals surface area contributed by atoms with E-state index in [0.29, 0.717) is 11.1 Å². The van der Waals surface area contributed by atoms with Crippen molar-refractivity contribution < 1.29 is 43.3 Å². The zero-order valence-corrected chi connectivity index (χ0v) is 29.4. The molecule has 0 bridgehead atoms. The van der Waals surface area contributed by atoms with Crippen molar-refractivity contribution in [2.24, 2.45) is 29.1 Å². The van der Waals surface area contributed by atoms with Gasteiger partial charge in [0.25, 0.3) is 0 Å². The van der Waals surface area contributed by atoms with Crippen molar-refractivity contribution >= 4 is 63.7 Å². The first-order valence-electron chi connectivity index (χ1n) is 16.4. The van der Waals surface area contributed by atoms with Crippen LogP contribution in [0.15, 0.2) is 60.2 Å². The van der Waals surface area contributed by atoms with E-state index in [4.69, 9.17) is 16.3 Å². The number of benzene rings is 3. The molecule has 0 unspecified atom stereocenters. The maximum Gasteiger partial charge on any atom is 0.301 e. The highest BCUT2D eigenvalue weighted by atomic mass is 35.5. The molecule has 274 valence electrons. The van der Waals surface area contributed by atoms with Crippen LogP contribution in [0.25, 0.3) is 0 Å². The Morgan fingerprint density at radius 1 is 0.925 bits per heavy atom. The summed E-state index contributed by atoms with van der Waals surface area (Å²) in [5.41, 5.74) is -2.50. The molecule has 17 heteroatoms. The summed E-state index contributed by atoms with van der Waals surface area (Å²) in [5, 5.41) is 34.8. The van der Waals surface area contributed by atoms with Crippen molar-refractivity contribution in [1.29, 1.82) is 0 Å². The number of methoxy groups -OCH3 is 1. The van der Waals surface area contributed by atoms with Gasteiger partial charge >= 0.3 is 11.4 Å². The summed E-state index contributed by atoms with van der Waals surface area (Å²) >= 11 is 6.05. The van der Waals surface area contributed by atoms with Gasteiger partial charge in [0.1, 0.15) is 5.82 Å². The van der Waals surface area contributed by atoms with Gasteiger partial charge in [-0.2, -0.15) is 0 Å². The van der Waals surface area contributed by atoms with E-state index in [1.54, 1.807) is 19.1 Å². The number of nitrogens with zero attached hydrogens (tertiary/aromatic N) is 5. The van der Waals surface area contributed by atoms with Gasteiger partial charge in [-0.15, -0.1) is 0 Å². The number of halogens is 2. The van der Waals surface area contributed by atoms with E-state index in [1.807, 2.05) is 0 Å². The van der Waals surface area contributed by atoms with E-state index in [1.165, 1.54) is 50.4 Å². The summed E-state index contributed by atoms with van der Waals surface area (Å²) in [6.07, 6.45) is 1.70. The fourth-order valence-corrected chi connectivity index (χ4v) is 9.04. The second kappa shape index (κ2) is 12.4. The van der Waals surface area contributed by atoms with Crippen molar-refractivity contribution in [2.75, 3.05) is 35.9 Å². The lowest BCUT2D eigenvalue weighted by molar-refractivity contribution is -0.392. The van der Waals surface area contributed by atoms with Gasteiger partial charge in [-0.25, -0.2) is 14.2 Å². The zero-order chi connectivity index (χ0) is 38.4. The molecule has 4 amide bonds. The first-order valence-corrected chi connectivity index (χ1v) is 16.8. The van der Waals surface area contributed by atoms with Crippen LogP contribution in [0.2, 0.25) is 5.02 Å². The Kier molecular flexibility index (Phi) is 8.28. The minimum atomic E-state index is -1.50. The summed E-state index contributed by atoms with van der Waals surface area (Å²) < 4.78 is 19.4. The van der Waals surface area contributed by atoms with Crippen molar-refractivity contribution in [3.8, 4) is 11.5 Å². The van der Waals surface area contributed by atoms with Crippen molar-refractivity contribution in [3.05, 3.63) is 96.8 Å². The van der Waals surface area contributed by atoms with E-state index in [9.17, 15) is 48.9 Å². The molecule has 53 heavy (non-hydrogen) atoms. The van der Waals surface area contributed by atoms with E-state index >= 15 is 0 Å². The third kappa shape index (κ3) is 5.06. The maximum atomic E-state index is 14.6. The average molecular weight is 748 g/mol. The number of carbonyl (C=O) groups is 4. The number of phenolic OH excluding ortho intramolecular Hbond substituents is 1. The number of hydrogen-bond acceptors (Lipinski definition) is 11. The number of amides is 4. The summed E-state index contributed by atoms with van der Waals surface area (Å²) in [6.45, 7) is 1.62. The average Bonchev–Trinajstić information content (AvgIpc) is 3.48. The molecule has 0 spiro atoms. The van der Waals surface area contributed by atoms with Gasteiger partial charge in [-0.05, 0) is 61.6 Å². The third-order valence-electron chi connectivity index (χ3n) is 11.1. The lowest BCUT2D eigenvalue weighted by Crippen LogP contribution is -2.48. The van der Waals surface area contributed by atoms with E-state index in [-0.39, 0.29) is 46.4 Å². The van der Waals surface area contributed by atoms with E-state index in [0.717, 1.165) is 28.0 Å². The van der Waals surface area contributed by atoms with Crippen LogP contribution in [0.3, 0.4) is 0 Å². The lowest BCUT2D eigenvalue weighted by atomic mass is 9.51. The predicted molar refractivity (Wildman–Crippen MR) is 187 cm³/mol. The van der Waals surface area contributed by atoms with Gasteiger partial charge in [0.05, 0.1) is 56.5 Å². The number of anilines is 3. The number of hydrogen-bond donors (Lipinski definition) is 1. The van der Waals surface area contributed by atoms with Crippen LogP contribution >= 0.6 is 11.6 Å². The molecule has 0 radical (unpaired) electrons. The number of fused-ring (bicyclic) bond motifs is 4. The summed E-state index contributed by atoms with van der Waals surface area (Å²) in [5.74, 6) is -8.51. The third-order valence-corrected chi connectivity index (χ3v) is 11.4. The summed E-state index contributed by atoms with van der Waals surface area (Å²) in [7, 11) is 4.14. The monoisotopic (exact) mass is 747 g/mol. The Morgan fingerprint density at radius 3 is 2.15 bits per heavy atom. The molecular weight excluding hydrogens is 717 g/mol. The lowest BCUT2D eigenvalue weighted by Gasteiger charge is -2.49. The normalized spacial score (nSPS) is 26.2. The fourth-order valence-electron chi connectivity index (χ4n) is 8.86. The van der Waals surface area contributed by atoms with Gasteiger partial charge in [0.15, 0.2) is 17.2 Å². The largest absolute Gasteiger partial charge is 0.504 e. The molecule has 2 aliphatic carbocycles. The SMILES string of the molecule is COc1ccc([C@H]2C3=CC[C@@H]4C(=O)N(c5cc([N+](=O)[O-])c(N(C)C)c([N+](=O)[O-])c5)C(=O)[C@@H]4[C@@H]3C[C@H]3C(=O)N(c4ccc(F)c(Cl)c4)C(=O)[C@@]23C)cc1O. The molecule has 15 nitrogen and oxygen atoms in total. The molecule has 1 saturated carbocycles. The number of aromatic hydroxyl groups is 1. The Bertz CT molecular complexity index is 2190. The molecule has 3 aromatic rings. The van der Waals surface area contributed by atoms with Crippen LogP contribution in [-0.2, 0) is 19.2 Å². The highest BCUT2D eigenvalue weighted by molar-refractivity contribution is 6.32. The van der Waals surface area contributed by atoms with E-state index in [2.05, 4.69) is 0 Å². The topological polar surface area (TPSA) is 194 Å². The van der Waals surface area contributed by atoms with Gasteiger partial charge < -0.3 is 14.7 Å². The number of imide groups is 2. The van der Waals surface area contributed by atoms with E-state index < -0.39 is 85.7 Å². The Balaban J connectivity index is 1.37. The summed E-state index contributed by atoms with van der Waals surface area (Å²) in [6, 6.07) is 9.91.